The highest BCUT2D eigenvalue weighted by molar-refractivity contribution is 9.10. The van der Waals surface area contributed by atoms with Crippen LogP contribution in [0.25, 0.3) is 22.3 Å². The summed E-state index contributed by atoms with van der Waals surface area (Å²) in [5.41, 5.74) is 9.37. The third-order valence-electron chi connectivity index (χ3n) is 4.28. The van der Waals surface area contributed by atoms with Crippen molar-refractivity contribution in [3.05, 3.63) is 80.2 Å². The fourth-order valence-electron chi connectivity index (χ4n) is 3.23. The first-order valence-corrected chi connectivity index (χ1v) is 8.89. The minimum absolute atomic E-state index is 0.971. The number of benzene rings is 3. The maximum atomic E-state index is 3.63. The molecule has 2 heteroatoms. The standard InChI is InChI=1S/C20H14Br2/c1-12-2-7-17-18-10-15(21)5-3-13(18)9-14-4-6-16(22)11-19(14)20(17)8-12/h2-8,10-11H,9H2,1H3. The van der Waals surface area contributed by atoms with E-state index in [1.165, 1.54) is 38.9 Å². The molecule has 108 valence electrons. The van der Waals surface area contributed by atoms with Gasteiger partial charge in [-0.3, -0.25) is 0 Å². The van der Waals surface area contributed by atoms with Crippen LogP contribution in [0, 0.1) is 6.92 Å². The summed E-state index contributed by atoms with van der Waals surface area (Å²) in [7, 11) is 0. The maximum Gasteiger partial charge on any atom is 0.0181 e. The molecule has 0 spiro atoms. The minimum atomic E-state index is 0.971. The number of hydrogen-bond donors (Lipinski definition) is 0. The van der Waals surface area contributed by atoms with Gasteiger partial charge in [0.15, 0.2) is 0 Å². The fourth-order valence-corrected chi connectivity index (χ4v) is 3.95. The first kappa shape index (κ1) is 14.2. The monoisotopic (exact) mass is 412 g/mol. The van der Waals surface area contributed by atoms with Gasteiger partial charge in [0.05, 0.1) is 0 Å². The van der Waals surface area contributed by atoms with Gasteiger partial charge in [-0.25, -0.2) is 0 Å². The Labute approximate surface area is 147 Å². The van der Waals surface area contributed by atoms with E-state index < -0.39 is 0 Å². The Morgan fingerprint density at radius 1 is 0.636 bits per heavy atom. The molecule has 0 bridgehead atoms. The van der Waals surface area contributed by atoms with Crippen molar-refractivity contribution >= 4 is 31.9 Å². The van der Waals surface area contributed by atoms with Crippen molar-refractivity contribution in [3.63, 3.8) is 0 Å². The molecule has 22 heavy (non-hydrogen) atoms. The smallest absolute Gasteiger partial charge is 0.0181 e. The van der Waals surface area contributed by atoms with Gasteiger partial charge in [-0.15, -0.1) is 0 Å². The van der Waals surface area contributed by atoms with Crippen molar-refractivity contribution in [2.75, 3.05) is 0 Å². The molecule has 0 aromatic heterocycles. The van der Waals surface area contributed by atoms with Crippen molar-refractivity contribution in [2.45, 2.75) is 13.3 Å². The Morgan fingerprint density at radius 2 is 1.23 bits per heavy atom. The summed E-state index contributed by atoms with van der Waals surface area (Å²) in [6.07, 6.45) is 0.971. The molecule has 3 aromatic carbocycles. The maximum absolute atomic E-state index is 3.63. The van der Waals surface area contributed by atoms with Gasteiger partial charge in [-0.1, -0.05) is 67.8 Å². The van der Waals surface area contributed by atoms with Gasteiger partial charge in [0, 0.05) is 8.95 Å². The summed E-state index contributed by atoms with van der Waals surface area (Å²) >= 11 is 7.25. The predicted molar refractivity (Wildman–Crippen MR) is 100 cm³/mol. The molecule has 0 nitrogen and oxygen atoms in total. The van der Waals surface area contributed by atoms with Crippen LogP contribution in [0.15, 0.2) is 63.5 Å². The summed E-state index contributed by atoms with van der Waals surface area (Å²) in [5, 5.41) is 0. The van der Waals surface area contributed by atoms with E-state index in [1.807, 2.05) is 0 Å². The van der Waals surface area contributed by atoms with Crippen LogP contribution in [0.3, 0.4) is 0 Å². The lowest BCUT2D eigenvalue weighted by Gasteiger charge is -2.12. The normalized spacial score (nSPS) is 12.1. The second-order valence-corrected chi connectivity index (χ2v) is 7.66. The Morgan fingerprint density at radius 3 is 1.86 bits per heavy atom. The minimum Gasteiger partial charge on any atom is -0.0587 e. The molecule has 1 aliphatic carbocycles. The van der Waals surface area contributed by atoms with Crippen molar-refractivity contribution in [3.8, 4) is 22.3 Å². The largest absolute Gasteiger partial charge is 0.0587 e. The SMILES string of the molecule is Cc1ccc2c(c1)-c1cc(Br)ccc1Cc1ccc(Br)cc1-2. The Kier molecular flexibility index (Phi) is 3.47. The van der Waals surface area contributed by atoms with Gasteiger partial charge in [0.25, 0.3) is 0 Å². The van der Waals surface area contributed by atoms with Gasteiger partial charge in [-0.05, 0) is 71.0 Å². The first-order chi connectivity index (χ1) is 10.6. The molecule has 0 unspecified atom stereocenters. The molecule has 0 atom stereocenters. The molecule has 1 aliphatic rings. The molecule has 0 aliphatic heterocycles. The highest BCUT2D eigenvalue weighted by Crippen LogP contribution is 2.42. The number of hydrogen-bond acceptors (Lipinski definition) is 0. The molecule has 0 fully saturated rings. The van der Waals surface area contributed by atoms with Crippen LogP contribution in [-0.2, 0) is 6.42 Å². The summed E-state index contributed by atoms with van der Waals surface area (Å²) in [5.74, 6) is 0. The molecule has 0 saturated carbocycles. The zero-order chi connectivity index (χ0) is 15.3. The Bertz CT molecular complexity index is 894. The molecular weight excluding hydrogens is 400 g/mol. The van der Waals surface area contributed by atoms with Crippen LogP contribution in [-0.4, -0.2) is 0 Å². The first-order valence-electron chi connectivity index (χ1n) is 7.30. The summed E-state index contributed by atoms with van der Waals surface area (Å²) < 4.78 is 2.26. The third kappa shape index (κ3) is 2.35. The lowest BCUT2D eigenvalue weighted by molar-refractivity contribution is 1.21. The van der Waals surface area contributed by atoms with Crippen LogP contribution in [0.2, 0.25) is 0 Å². The highest BCUT2D eigenvalue weighted by Gasteiger charge is 2.19. The van der Waals surface area contributed by atoms with Crippen LogP contribution in [0.1, 0.15) is 16.7 Å². The number of fused-ring (bicyclic) bond motifs is 5. The van der Waals surface area contributed by atoms with E-state index >= 15 is 0 Å². The molecule has 0 amide bonds. The van der Waals surface area contributed by atoms with E-state index in [9.17, 15) is 0 Å². The van der Waals surface area contributed by atoms with E-state index in [0.717, 1.165) is 15.4 Å². The predicted octanol–water partition coefficient (Wildman–Crippen LogP) is 6.76. The van der Waals surface area contributed by atoms with Crippen LogP contribution in [0.5, 0.6) is 0 Å². The van der Waals surface area contributed by atoms with Crippen LogP contribution in [0.4, 0.5) is 0 Å². The summed E-state index contributed by atoms with van der Waals surface area (Å²) in [4.78, 5) is 0. The summed E-state index contributed by atoms with van der Waals surface area (Å²) in [6, 6.07) is 20.0. The highest BCUT2D eigenvalue weighted by atomic mass is 79.9. The quantitative estimate of drug-likeness (QED) is 0.298. The van der Waals surface area contributed by atoms with Crippen LogP contribution < -0.4 is 0 Å². The van der Waals surface area contributed by atoms with Gasteiger partial charge >= 0.3 is 0 Å². The van der Waals surface area contributed by atoms with Crippen molar-refractivity contribution in [2.24, 2.45) is 0 Å². The molecule has 0 saturated heterocycles. The van der Waals surface area contributed by atoms with Crippen molar-refractivity contribution in [1.82, 2.24) is 0 Å². The molecule has 0 heterocycles. The third-order valence-corrected chi connectivity index (χ3v) is 5.27. The second-order valence-electron chi connectivity index (χ2n) is 5.83. The van der Waals surface area contributed by atoms with E-state index in [-0.39, 0.29) is 0 Å². The molecule has 3 aromatic rings. The zero-order valence-electron chi connectivity index (χ0n) is 12.2. The average Bonchev–Trinajstić information content (AvgIpc) is 2.62. The Hall–Kier alpha value is -1.38. The van der Waals surface area contributed by atoms with E-state index in [2.05, 4.69) is 93.4 Å². The zero-order valence-corrected chi connectivity index (χ0v) is 15.3. The van der Waals surface area contributed by atoms with Gasteiger partial charge in [-0.2, -0.15) is 0 Å². The number of aryl methyl sites for hydroxylation is 1. The van der Waals surface area contributed by atoms with Crippen LogP contribution >= 0.6 is 31.9 Å². The fraction of sp³-hybridized carbons (Fsp3) is 0.100. The average molecular weight is 414 g/mol. The lowest BCUT2D eigenvalue weighted by Crippen LogP contribution is -1.90. The second kappa shape index (κ2) is 5.36. The molecule has 0 radical (unpaired) electrons. The van der Waals surface area contributed by atoms with Gasteiger partial charge in [0.1, 0.15) is 0 Å². The topological polar surface area (TPSA) is 0 Å². The molecule has 0 N–H and O–H groups in total. The summed E-state index contributed by atoms with van der Waals surface area (Å²) in [6.45, 7) is 2.16. The van der Waals surface area contributed by atoms with E-state index in [0.29, 0.717) is 0 Å². The van der Waals surface area contributed by atoms with Crippen molar-refractivity contribution in [1.29, 1.82) is 0 Å². The number of halogens is 2. The van der Waals surface area contributed by atoms with E-state index in [1.54, 1.807) is 0 Å². The molecule has 4 rings (SSSR count). The Balaban J connectivity index is 2.12. The van der Waals surface area contributed by atoms with E-state index in [4.69, 9.17) is 0 Å². The van der Waals surface area contributed by atoms with Gasteiger partial charge in [0.2, 0.25) is 0 Å². The number of rotatable bonds is 0. The molecular formula is C20H14Br2. The van der Waals surface area contributed by atoms with Crippen molar-refractivity contribution < 1.29 is 0 Å². The lowest BCUT2D eigenvalue weighted by atomic mass is 9.93. The van der Waals surface area contributed by atoms with Gasteiger partial charge < -0.3 is 0 Å².